The van der Waals surface area contributed by atoms with E-state index in [0.717, 1.165) is 12.8 Å². The summed E-state index contributed by atoms with van der Waals surface area (Å²) in [6.45, 7) is 6.59. The normalized spacial score (nSPS) is 20.5. The standard InChI is InChI=1S/C10H18NO3/c1-10(2,3)14-9(13)11(8-12)6-4-5-7-11/h8H,4-7H2,1-3H3/q+1. The van der Waals surface area contributed by atoms with Gasteiger partial charge in [-0.15, -0.1) is 0 Å². The van der Waals surface area contributed by atoms with Gasteiger partial charge in [-0.25, -0.2) is 4.79 Å². The van der Waals surface area contributed by atoms with E-state index in [4.69, 9.17) is 4.74 Å². The highest BCUT2D eigenvalue weighted by molar-refractivity contribution is 5.69. The highest BCUT2D eigenvalue weighted by Crippen LogP contribution is 2.21. The monoisotopic (exact) mass is 200 g/mol. The van der Waals surface area contributed by atoms with Crippen LogP contribution in [0, 0.1) is 0 Å². The lowest BCUT2D eigenvalue weighted by Crippen LogP contribution is -2.51. The molecule has 2 amide bonds. The van der Waals surface area contributed by atoms with Gasteiger partial charge in [-0.05, 0) is 20.8 Å². The molecule has 1 aliphatic heterocycles. The van der Waals surface area contributed by atoms with Gasteiger partial charge in [0.15, 0.2) is 0 Å². The molecule has 0 aromatic heterocycles. The highest BCUT2D eigenvalue weighted by atomic mass is 16.6. The van der Waals surface area contributed by atoms with Gasteiger partial charge in [-0.2, -0.15) is 9.28 Å². The number of imide groups is 1. The molecule has 4 heteroatoms. The number of hydrogen-bond donors (Lipinski definition) is 0. The van der Waals surface area contributed by atoms with Crippen molar-refractivity contribution in [1.29, 1.82) is 0 Å². The summed E-state index contributed by atoms with van der Waals surface area (Å²) in [5, 5.41) is 0. The summed E-state index contributed by atoms with van der Waals surface area (Å²) in [7, 11) is 0. The van der Waals surface area contributed by atoms with Crippen LogP contribution in [-0.4, -0.2) is 35.7 Å². The van der Waals surface area contributed by atoms with E-state index >= 15 is 0 Å². The molecule has 14 heavy (non-hydrogen) atoms. The fraction of sp³-hybridized carbons (Fsp3) is 0.800. The van der Waals surface area contributed by atoms with E-state index in [1.165, 1.54) is 0 Å². The molecule has 0 unspecified atom stereocenters. The van der Waals surface area contributed by atoms with Crippen LogP contribution in [0.4, 0.5) is 4.79 Å². The number of nitrogens with zero attached hydrogens (tertiary/aromatic N) is 1. The molecule has 1 heterocycles. The van der Waals surface area contributed by atoms with Crippen LogP contribution >= 0.6 is 0 Å². The maximum absolute atomic E-state index is 11.7. The van der Waals surface area contributed by atoms with E-state index in [1.54, 1.807) is 0 Å². The maximum Gasteiger partial charge on any atom is 0.523 e. The van der Waals surface area contributed by atoms with Gasteiger partial charge in [-0.3, -0.25) is 0 Å². The molecule has 1 rings (SSSR count). The maximum atomic E-state index is 11.7. The molecule has 0 atom stereocenters. The number of quaternary nitrogens is 1. The van der Waals surface area contributed by atoms with Crippen LogP contribution in [0.5, 0.6) is 0 Å². The van der Waals surface area contributed by atoms with Crippen molar-refractivity contribution in [2.24, 2.45) is 0 Å². The van der Waals surface area contributed by atoms with E-state index in [0.29, 0.717) is 19.5 Å². The van der Waals surface area contributed by atoms with Crippen molar-refractivity contribution in [2.75, 3.05) is 13.1 Å². The third-order valence-corrected chi connectivity index (χ3v) is 2.32. The Morgan fingerprint density at radius 1 is 1.29 bits per heavy atom. The fourth-order valence-electron chi connectivity index (χ4n) is 1.58. The van der Waals surface area contributed by atoms with Crippen LogP contribution in [0.3, 0.4) is 0 Å². The zero-order chi connectivity index (χ0) is 10.8. The molecule has 0 spiro atoms. The van der Waals surface area contributed by atoms with E-state index in [9.17, 15) is 9.59 Å². The molecule has 80 valence electrons. The number of amides is 2. The Morgan fingerprint density at radius 2 is 1.79 bits per heavy atom. The van der Waals surface area contributed by atoms with Crippen molar-refractivity contribution in [3.63, 3.8) is 0 Å². The number of hydrogen-bond acceptors (Lipinski definition) is 3. The molecule has 4 nitrogen and oxygen atoms in total. The van der Waals surface area contributed by atoms with Crippen LogP contribution in [0.25, 0.3) is 0 Å². The minimum absolute atomic E-state index is 0.155. The minimum atomic E-state index is -0.520. The predicted octanol–water partition coefficient (Wildman–Crippen LogP) is 1.69. The second-order valence-electron chi connectivity index (χ2n) is 4.77. The van der Waals surface area contributed by atoms with Crippen LogP contribution in [0.15, 0.2) is 0 Å². The lowest BCUT2D eigenvalue weighted by molar-refractivity contribution is -0.760. The second-order valence-corrected chi connectivity index (χ2v) is 4.77. The average Bonchev–Trinajstić information content (AvgIpc) is 2.49. The SMILES string of the molecule is CC(C)(C)OC(=O)[N+]1(C=O)CCCC1. The zero-order valence-electron chi connectivity index (χ0n) is 9.08. The largest absolute Gasteiger partial charge is 0.523 e. The average molecular weight is 200 g/mol. The predicted molar refractivity (Wildman–Crippen MR) is 51.5 cm³/mol. The summed E-state index contributed by atoms with van der Waals surface area (Å²) < 4.78 is 5.06. The van der Waals surface area contributed by atoms with Gasteiger partial charge < -0.3 is 4.74 Å². The van der Waals surface area contributed by atoms with Crippen LogP contribution in [0.1, 0.15) is 33.6 Å². The summed E-state index contributed by atoms with van der Waals surface area (Å²) >= 11 is 0. The summed E-state index contributed by atoms with van der Waals surface area (Å²) in [5.74, 6) is 0. The van der Waals surface area contributed by atoms with E-state index in [2.05, 4.69) is 0 Å². The van der Waals surface area contributed by atoms with E-state index < -0.39 is 11.7 Å². The number of ether oxygens (including phenoxy) is 1. The molecule has 1 fully saturated rings. The van der Waals surface area contributed by atoms with Crippen molar-refractivity contribution >= 4 is 12.5 Å². The summed E-state index contributed by atoms with van der Waals surface area (Å²) in [4.78, 5) is 22.7. The van der Waals surface area contributed by atoms with Gasteiger partial charge in [0.1, 0.15) is 5.60 Å². The first-order valence-corrected chi connectivity index (χ1v) is 4.96. The van der Waals surface area contributed by atoms with Crippen molar-refractivity contribution < 1.29 is 18.8 Å². The van der Waals surface area contributed by atoms with Crippen molar-refractivity contribution in [1.82, 2.24) is 0 Å². The summed E-state index contributed by atoms with van der Waals surface area (Å²) in [6.07, 6.45) is 2.13. The Hall–Kier alpha value is -0.900. The highest BCUT2D eigenvalue weighted by Gasteiger charge is 2.43. The first kappa shape index (κ1) is 11.2. The number of likely N-dealkylation sites (tertiary alicyclic amines) is 1. The minimum Gasteiger partial charge on any atom is -0.414 e. The molecule has 0 aromatic carbocycles. The van der Waals surface area contributed by atoms with Gasteiger partial charge in [0.2, 0.25) is 0 Å². The van der Waals surface area contributed by atoms with Crippen LogP contribution in [-0.2, 0) is 9.53 Å². The Labute approximate surface area is 84.4 Å². The topological polar surface area (TPSA) is 43.4 Å². The van der Waals surface area contributed by atoms with Gasteiger partial charge in [-0.1, -0.05) is 0 Å². The Bertz CT molecular complexity index is 236. The van der Waals surface area contributed by atoms with Crippen LogP contribution in [0.2, 0.25) is 0 Å². The van der Waals surface area contributed by atoms with Gasteiger partial charge >= 0.3 is 12.5 Å². The Morgan fingerprint density at radius 3 is 2.14 bits per heavy atom. The molecule has 0 aromatic rings. The number of carbonyl (C=O) groups is 2. The fourth-order valence-corrected chi connectivity index (χ4v) is 1.58. The van der Waals surface area contributed by atoms with E-state index in [-0.39, 0.29) is 4.48 Å². The first-order valence-electron chi connectivity index (χ1n) is 4.96. The lowest BCUT2D eigenvalue weighted by atomic mass is 10.2. The number of rotatable bonds is 1. The van der Waals surface area contributed by atoms with Gasteiger partial charge in [0.25, 0.3) is 0 Å². The molecular formula is C10H18NO3+. The van der Waals surface area contributed by atoms with Crippen molar-refractivity contribution in [3.05, 3.63) is 0 Å². The third-order valence-electron chi connectivity index (χ3n) is 2.32. The first-order chi connectivity index (χ1) is 6.40. The smallest absolute Gasteiger partial charge is 0.414 e. The zero-order valence-corrected chi connectivity index (χ0v) is 9.08. The second kappa shape index (κ2) is 3.69. The van der Waals surface area contributed by atoms with Crippen molar-refractivity contribution in [2.45, 2.75) is 39.2 Å². The molecule has 0 bridgehead atoms. The lowest BCUT2D eigenvalue weighted by Gasteiger charge is -2.26. The molecule has 0 radical (unpaired) electrons. The molecular weight excluding hydrogens is 182 g/mol. The molecule has 0 saturated carbocycles. The Kier molecular flexibility index (Phi) is 2.95. The molecule has 0 aliphatic carbocycles. The van der Waals surface area contributed by atoms with E-state index in [1.807, 2.05) is 20.8 Å². The summed E-state index contributed by atoms with van der Waals surface area (Å²) in [6, 6.07) is 0. The molecule has 1 saturated heterocycles. The quantitative estimate of drug-likeness (QED) is 0.478. The molecule has 0 N–H and O–H groups in total. The van der Waals surface area contributed by atoms with Crippen molar-refractivity contribution in [3.8, 4) is 0 Å². The third kappa shape index (κ3) is 2.32. The van der Waals surface area contributed by atoms with Gasteiger partial charge in [0, 0.05) is 12.8 Å². The Balaban J connectivity index is 2.71. The molecule has 1 aliphatic rings. The number of carbonyl (C=O) groups excluding carboxylic acids is 2. The van der Waals surface area contributed by atoms with Crippen LogP contribution < -0.4 is 0 Å². The summed E-state index contributed by atoms with van der Waals surface area (Å²) in [5.41, 5.74) is -0.520. The van der Waals surface area contributed by atoms with Gasteiger partial charge in [0.05, 0.1) is 13.1 Å².